The zero-order valence-corrected chi connectivity index (χ0v) is 17.8. The number of ether oxygens (including phenoxy) is 3. The zero-order valence-electron chi connectivity index (χ0n) is 17.8. The molecule has 1 amide bonds. The minimum absolute atomic E-state index is 0.0603. The number of amides is 1. The molecule has 2 aromatic carbocycles. The second-order valence-electron chi connectivity index (χ2n) is 7.59. The number of hydrogen-bond acceptors (Lipinski definition) is 7. The molecule has 1 aromatic heterocycles. The van der Waals surface area contributed by atoms with E-state index in [9.17, 15) is 14.7 Å². The van der Waals surface area contributed by atoms with Crippen molar-refractivity contribution < 1.29 is 33.3 Å². The molecule has 1 saturated heterocycles. The highest BCUT2D eigenvalue weighted by Crippen LogP contribution is 2.45. The molecular formula is C25H21NO7. The van der Waals surface area contributed by atoms with E-state index in [-0.39, 0.29) is 18.1 Å². The van der Waals surface area contributed by atoms with E-state index in [1.165, 1.54) is 11.2 Å². The van der Waals surface area contributed by atoms with E-state index in [2.05, 4.69) is 0 Å². The Labute approximate surface area is 189 Å². The topological polar surface area (TPSA) is 98.4 Å². The van der Waals surface area contributed by atoms with Gasteiger partial charge in [-0.1, -0.05) is 6.92 Å². The van der Waals surface area contributed by atoms with Gasteiger partial charge in [0.05, 0.1) is 18.4 Å². The molecule has 8 heteroatoms. The van der Waals surface area contributed by atoms with Crippen molar-refractivity contribution in [3.05, 3.63) is 77.8 Å². The maximum atomic E-state index is 13.1. The molecule has 3 heterocycles. The Morgan fingerprint density at radius 2 is 1.88 bits per heavy atom. The largest absolute Gasteiger partial charge is 0.507 e. The Kier molecular flexibility index (Phi) is 5.26. The van der Waals surface area contributed by atoms with E-state index in [0.29, 0.717) is 40.9 Å². The van der Waals surface area contributed by atoms with Crippen LogP contribution in [0.1, 0.15) is 30.7 Å². The highest BCUT2D eigenvalue weighted by atomic mass is 16.7. The van der Waals surface area contributed by atoms with Gasteiger partial charge in [0.15, 0.2) is 11.5 Å². The van der Waals surface area contributed by atoms with Crippen LogP contribution in [0.4, 0.5) is 5.69 Å². The van der Waals surface area contributed by atoms with Gasteiger partial charge in [-0.15, -0.1) is 0 Å². The molecule has 2 aliphatic heterocycles. The molecule has 33 heavy (non-hydrogen) atoms. The van der Waals surface area contributed by atoms with Crippen LogP contribution in [-0.2, 0) is 9.59 Å². The maximum Gasteiger partial charge on any atom is 0.300 e. The standard InChI is InChI=1S/C25H21NO7/c1-2-11-30-17-8-5-15(6-9-17)23(27)21-22(19-4-3-12-31-19)26(25(29)24(21)28)16-7-10-18-20(13-16)33-14-32-18/h3-10,12-13,22,27H,2,11,14H2,1H3/b23-21-. The maximum absolute atomic E-state index is 13.1. The fourth-order valence-corrected chi connectivity index (χ4v) is 3.93. The van der Waals surface area contributed by atoms with Gasteiger partial charge in [-0.2, -0.15) is 0 Å². The second kappa shape index (κ2) is 8.38. The number of aliphatic hydroxyl groups is 1. The normalized spacial score (nSPS) is 18.7. The predicted octanol–water partition coefficient (Wildman–Crippen LogP) is 4.42. The minimum Gasteiger partial charge on any atom is -0.507 e. The van der Waals surface area contributed by atoms with Crippen LogP contribution in [0, 0.1) is 0 Å². The molecule has 0 saturated carbocycles. The first-order valence-electron chi connectivity index (χ1n) is 10.6. The average Bonchev–Trinajstić information content (AvgIpc) is 3.58. The van der Waals surface area contributed by atoms with Crippen LogP contribution in [0.3, 0.4) is 0 Å². The van der Waals surface area contributed by atoms with Gasteiger partial charge in [0.1, 0.15) is 23.3 Å². The summed E-state index contributed by atoms with van der Waals surface area (Å²) in [4.78, 5) is 27.5. The molecule has 3 aromatic rings. The lowest BCUT2D eigenvalue weighted by Crippen LogP contribution is -2.29. The van der Waals surface area contributed by atoms with E-state index >= 15 is 0 Å². The number of fused-ring (bicyclic) bond motifs is 1. The van der Waals surface area contributed by atoms with Gasteiger partial charge in [0.25, 0.3) is 11.7 Å². The lowest BCUT2D eigenvalue weighted by atomic mass is 9.99. The summed E-state index contributed by atoms with van der Waals surface area (Å²) in [6.45, 7) is 2.66. The Hall–Kier alpha value is -4.20. The first-order chi connectivity index (χ1) is 16.1. The zero-order chi connectivity index (χ0) is 22.9. The minimum atomic E-state index is -0.948. The summed E-state index contributed by atoms with van der Waals surface area (Å²) >= 11 is 0. The van der Waals surface area contributed by atoms with E-state index in [0.717, 1.165) is 6.42 Å². The van der Waals surface area contributed by atoms with Gasteiger partial charge in [-0.3, -0.25) is 14.5 Å². The smallest absolute Gasteiger partial charge is 0.300 e. The third-order valence-corrected chi connectivity index (χ3v) is 5.49. The quantitative estimate of drug-likeness (QED) is 0.339. The predicted molar refractivity (Wildman–Crippen MR) is 118 cm³/mol. The first-order valence-corrected chi connectivity index (χ1v) is 10.6. The SMILES string of the molecule is CCCOc1ccc(/C(O)=C2/C(=O)C(=O)N(c3ccc4c(c3)OCO4)C2c2ccco2)cc1. The summed E-state index contributed by atoms with van der Waals surface area (Å²) < 4.78 is 21.9. The van der Waals surface area contributed by atoms with Crippen molar-refractivity contribution in [3.63, 3.8) is 0 Å². The molecule has 0 bridgehead atoms. The number of anilines is 1. The molecule has 168 valence electrons. The van der Waals surface area contributed by atoms with Crippen LogP contribution in [0.2, 0.25) is 0 Å². The molecule has 1 unspecified atom stereocenters. The van der Waals surface area contributed by atoms with Gasteiger partial charge in [0.2, 0.25) is 6.79 Å². The van der Waals surface area contributed by atoms with Crippen molar-refractivity contribution in [3.8, 4) is 17.2 Å². The van der Waals surface area contributed by atoms with Gasteiger partial charge < -0.3 is 23.7 Å². The second-order valence-corrected chi connectivity index (χ2v) is 7.59. The van der Waals surface area contributed by atoms with Crippen LogP contribution >= 0.6 is 0 Å². The highest BCUT2D eigenvalue weighted by molar-refractivity contribution is 6.51. The lowest BCUT2D eigenvalue weighted by Gasteiger charge is -2.23. The number of nitrogens with zero attached hydrogens (tertiary/aromatic N) is 1. The van der Waals surface area contributed by atoms with E-state index in [4.69, 9.17) is 18.6 Å². The number of rotatable bonds is 6. The van der Waals surface area contributed by atoms with Crippen molar-refractivity contribution in [1.29, 1.82) is 0 Å². The molecular weight excluding hydrogens is 426 g/mol. The molecule has 1 N–H and O–H groups in total. The number of furan rings is 1. The molecule has 5 rings (SSSR count). The molecule has 0 spiro atoms. The number of ketones is 1. The van der Waals surface area contributed by atoms with Crippen molar-refractivity contribution in [1.82, 2.24) is 0 Å². The number of hydrogen-bond donors (Lipinski definition) is 1. The molecule has 0 radical (unpaired) electrons. The first kappa shape index (κ1) is 20.7. The summed E-state index contributed by atoms with van der Waals surface area (Å²) in [7, 11) is 0. The van der Waals surface area contributed by atoms with E-state index < -0.39 is 17.7 Å². The number of carbonyl (C=O) groups excluding carboxylic acids is 2. The molecule has 8 nitrogen and oxygen atoms in total. The molecule has 0 aliphatic carbocycles. The Morgan fingerprint density at radius 3 is 2.61 bits per heavy atom. The number of Topliss-reactive ketones (excluding diaryl/α,β-unsaturated/α-hetero) is 1. The molecule has 1 atom stereocenters. The summed E-state index contributed by atoms with van der Waals surface area (Å²) in [6.07, 6.45) is 2.32. The molecule has 2 aliphatic rings. The number of carbonyl (C=O) groups is 2. The fraction of sp³-hybridized carbons (Fsp3) is 0.200. The summed E-state index contributed by atoms with van der Waals surface area (Å²) in [5.41, 5.74) is 0.749. The van der Waals surface area contributed by atoms with Crippen LogP contribution in [0.25, 0.3) is 5.76 Å². The van der Waals surface area contributed by atoms with Crippen LogP contribution < -0.4 is 19.1 Å². The van der Waals surface area contributed by atoms with Gasteiger partial charge in [-0.25, -0.2) is 0 Å². The van der Waals surface area contributed by atoms with Gasteiger partial charge in [0, 0.05) is 17.3 Å². The lowest BCUT2D eigenvalue weighted by molar-refractivity contribution is -0.132. The third kappa shape index (κ3) is 3.59. The van der Waals surface area contributed by atoms with Crippen LogP contribution in [0.15, 0.2) is 70.9 Å². The third-order valence-electron chi connectivity index (χ3n) is 5.49. The van der Waals surface area contributed by atoms with Crippen LogP contribution in [-0.4, -0.2) is 30.2 Å². The van der Waals surface area contributed by atoms with E-state index in [1.54, 1.807) is 54.6 Å². The van der Waals surface area contributed by atoms with Crippen LogP contribution in [0.5, 0.6) is 17.2 Å². The van der Waals surface area contributed by atoms with Crippen molar-refractivity contribution >= 4 is 23.1 Å². The Balaban J connectivity index is 1.59. The Bertz CT molecular complexity index is 1230. The summed E-state index contributed by atoms with van der Waals surface area (Å²) in [6, 6.07) is 14.0. The van der Waals surface area contributed by atoms with Gasteiger partial charge >= 0.3 is 0 Å². The van der Waals surface area contributed by atoms with Crippen molar-refractivity contribution in [2.24, 2.45) is 0 Å². The monoisotopic (exact) mass is 447 g/mol. The number of benzene rings is 2. The highest BCUT2D eigenvalue weighted by Gasteiger charge is 2.48. The Morgan fingerprint density at radius 1 is 1.09 bits per heavy atom. The summed E-state index contributed by atoms with van der Waals surface area (Å²) in [5, 5.41) is 11.1. The van der Waals surface area contributed by atoms with Crippen molar-refractivity contribution in [2.75, 3.05) is 18.3 Å². The summed E-state index contributed by atoms with van der Waals surface area (Å²) in [5.74, 6) is 0.135. The number of aliphatic hydroxyl groups excluding tert-OH is 1. The van der Waals surface area contributed by atoms with E-state index in [1.807, 2.05) is 6.92 Å². The van der Waals surface area contributed by atoms with Gasteiger partial charge in [-0.05, 0) is 55.0 Å². The average molecular weight is 447 g/mol. The fourth-order valence-electron chi connectivity index (χ4n) is 3.93. The van der Waals surface area contributed by atoms with Crippen molar-refractivity contribution in [2.45, 2.75) is 19.4 Å². The molecule has 1 fully saturated rings.